The Bertz CT molecular complexity index is 2050. The van der Waals surface area contributed by atoms with Crippen LogP contribution in [-0.4, -0.2) is 77.9 Å². The highest BCUT2D eigenvalue weighted by Gasteiger charge is 2.32. The highest BCUT2D eigenvalue weighted by atomic mass is 31.2. The number of carbonyl (C=O) groups is 4. The molecule has 6 N–H and O–H groups in total. The zero-order chi connectivity index (χ0) is 38.8. The molecule has 0 aliphatic carbocycles. The van der Waals surface area contributed by atoms with Gasteiger partial charge in [-0.05, 0) is 49.8 Å². The van der Waals surface area contributed by atoms with Crippen molar-refractivity contribution in [3.05, 3.63) is 53.3 Å². The first-order valence-electron chi connectivity index (χ1n) is 17.9. The number of phosphoric ester groups is 1. The van der Waals surface area contributed by atoms with Crippen molar-refractivity contribution >= 4 is 59.3 Å². The number of amides is 3. The second-order valence-corrected chi connectivity index (χ2v) is 14.1. The number of nitrogens with zero attached hydrogens (tertiary/aromatic N) is 4. The van der Waals surface area contributed by atoms with Crippen LogP contribution in [0, 0.1) is 0 Å². The Morgan fingerprint density at radius 1 is 0.981 bits per heavy atom. The van der Waals surface area contributed by atoms with Gasteiger partial charge in [0.25, 0.3) is 11.8 Å². The van der Waals surface area contributed by atoms with E-state index in [0.717, 1.165) is 48.0 Å². The Kier molecular flexibility index (Phi) is 13.6. The Morgan fingerprint density at radius 3 is 2.48 bits per heavy atom. The smallest absolute Gasteiger partial charge is 0.504 e. The highest BCUT2D eigenvalue weighted by Crippen LogP contribution is 2.43. The van der Waals surface area contributed by atoms with Gasteiger partial charge in [-0.1, -0.05) is 37.6 Å². The van der Waals surface area contributed by atoms with Gasteiger partial charge in [-0.15, -0.1) is 5.06 Å². The summed E-state index contributed by atoms with van der Waals surface area (Å²) >= 11 is 0. The molecule has 4 aromatic rings. The fraction of sp³-hybridized carbons (Fsp3) is 0.444. The van der Waals surface area contributed by atoms with Gasteiger partial charge in [0.1, 0.15) is 11.3 Å². The predicted molar refractivity (Wildman–Crippen MR) is 196 cm³/mol. The molecule has 0 saturated carbocycles. The summed E-state index contributed by atoms with van der Waals surface area (Å²) < 4.78 is 23.9. The van der Waals surface area contributed by atoms with Crippen LogP contribution >= 0.6 is 7.82 Å². The van der Waals surface area contributed by atoms with Crippen molar-refractivity contribution in [1.82, 2.24) is 24.9 Å². The van der Waals surface area contributed by atoms with Crippen molar-refractivity contribution in [2.75, 3.05) is 25.5 Å². The van der Waals surface area contributed by atoms with E-state index in [1.54, 1.807) is 12.1 Å². The maximum Gasteiger partial charge on any atom is 0.524 e. The van der Waals surface area contributed by atoms with E-state index in [-0.39, 0.29) is 61.9 Å². The lowest BCUT2D eigenvalue weighted by Crippen LogP contribution is -2.32. The third kappa shape index (κ3) is 10.5. The van der Waals surface area contributed by atoms with E-state index in [2.05, 4.69) is 17.2 Å². The SMILES string of the molecule is CCCCc1nc2c(N)nc3cc(CCCOCCCNC(=O)CCCC(=O)ON4C(=O)CCC4=O)ccc3c2n1Cc1cccc(OP(=O)(O)O)c1O. The Balaban J connectivity index is 1.11. The number of carbonyl (C=O) groups excluding carboxylic acids is 4. The van der Waals surface area contributed by atoms with Crippen molar-refractivity contribution in [2.45, 2.75) is 84.1 Å². The topological polar surface area (TPSA) is 246 Å². The number of para-hydroxylation sites is 1. The van der Waals surface area contributed by atoms with Gasteiger partial charge in [0.15, 0.2) is 17.3 Å². The molecule has 54 heavy (non-hydrogen) atoms. The van der Waals surface area contributed by atoms with Gasteiger partial charge >= 0.3 is 13.8 Å². The minimum absolute atomic E-state index is 0.0219. The molecule has 18 heteroatoms. The minimum Gasteiger partial charge on any atom is -0.504 e. The van der Waals surface area contributed by atoms with Crippen LogP contribution in [0.5, 0.6) is 11.5 Å². The summed E-state index contributed by atoms with van der Waals surface area (Å²) in [6.45, 7) is 3.58. The quantitative estimate of drug-likeness (QED) is 0.0485. The number of phenolic OH excluding ortho intramolecular Hbond substituents is 1. The van der Waals surface area contributed by atoms with Crippen LogP contribution in [0.2, 0.25) is 0 Å². The molecule has 2 aromatic carbocycles. The number of pyridine rings is 1. The maximum absolute atomic E-state index is 12.1. The second-order valence-electron chi connectivity index (χ2n) is 12.9. The molecule has 1 fully saturated rings. The number of hydroxylamine groups is 2. The van der Waals surface area contributed by atoms with Crippen molar-refractivity contribution in [3.63, 3.8) is 0 Å². The molecule has 3 heterocycles. The molecular weight excluding hydrogens is 723 g/mol. The number of ether oxygens (including phenoxy) is 1. The zero-order valence-electron chi connectivity index (χ0n) is 30.0. The number of aromatic hydroxyl groups is 1. The monoisotopic (exact) mass is 768 g/mol. The first-order valence-corrected chi connectivity index (χ1v) is 19.4. The molecular formula is C36H45N6O11P. The third-order valence-electron chi connectivity index (χ3n) is 8.76. The van der Waals surface area contributed by atoms with Gasteiger partial charge in [0.05, 0.1) is 17.6 Å². The van der Waals surface area contributed by atoms with Gasteiger partial charge in [0.2, 0.25) is 5.91 Å². The minimum atomic E-state index is -4.89. The van der Waals surface area contributed by atoms with Gasteiger partial charge in [-0.25, -0.2) is 19.3 Å². The molecule has 0 unspecified atom stereocenters. The molecule has 0 bridgehead atoms. The number of rotatable bonds is 20. The van der Waals surface area contributed by atoms with Crippen LogP contribution in [-0.2, 0) is 52.7 Å². The molecule has 3 amide bonds. The van der Waals surface area contributed by atoms with Crippen molar-refractivity contribution in [1.29, 1.82) is 0 Å². The standard InChI is InChI=1S/C36H45N6O11P/c1-2-3-11-28-40-33-34(41(28)22-24-9-4-10-27(35(24)47)53-54(48,49)50)25-15-14-23(21-26(25)39-36(33)37)8-6-19-51-20-7-18-38-29(43)12-5-13-32(46)52-42-30(44)16-17-31(42)45/h4,9-10,14-15,21,47H,2-3,5-8,11-13,16-20,22H2,1H3,(H2,37,39)(H,38,43)(H2,48,49,50). The average molecular weight is 769 g/mol. The van der Waals surface area contributed by atoms with Gasteiger partial charge in [0, 0.05) is 62.8 Å². The van der Waals surface area contributed by atoms with Gasteiger partial charge in [-0.2, -0.15) is 0 Å². The van der Waals surface area contributed by atoms with Crippen molar-refractivity contribution in [2.24, 2.45) is 0 Å². The number of nitrogens with two attached hydrogens (primary N) is 1. The molecule has 1 aliphatic heterocycles. The second kappa shape index (κ2) is 18.3. The number of phenols is 1. The van der Waals surface area contributed by atoms with Gasteiger partial charge in [-0.3, -0.25) is 24.2 Å². The van der Waals surface area contributed by atoms with Crippen LogP contribution in [0.3, 0.4) is 0 Å². The average Bonchev–Trinajstić information content (AvgIpc) is 3.64. The lowest BCUT2D eigenvalue weighted by Gasteiger charge is -2.15. The first kappa shape index (κ1) is 40.1. The predicted octanol–water partition coefficient (Wildman–Crippen LogP) is 3.97. The number of imide groups is 1. The number of nitrogens with one attached hydrogen (secondary N) is 1. The number of aryl methyl sites for hydroxylation is 2. The van der Waals surface area contributed by atoms with Crippen molar-refractivity contribution in [3.8, 4) is 11.5 Å². The van der Waals surface area contributed by atoms with E-state index in [1.807, 2.05) is 22.8 Å². The number of hydrogen-bond acceptors (Lipinski definition) is 12. The number of nitrogen functional groups attached to an aromatic ring is 1. The lowest BCUT2D eigenvalue weighted by atomic mass is 10.1. The number of imidazole rings is 1. The zero-order valence-corrected chi connectivity index (χ0v) is 30.9. The Hall–Kier alpha value is -5.09. The summed E-state index contributed by atoms with van der Waals surface area (Å²) in [7, 11) is -4.89. The number of phosphoric acid groups is 1. The molecule has 0 spiro atoms. The number of fused-ring (bicyclic) bond motifs is 3. The summed E-state index contributed by atoms with van der Waals surface area (Å²) in [5.41, 5.74) is 9.80. The molecule has 0 atom stereocenters. The largest absolute Gasteiger partial charge is 0.524 e. The van der Waals surface area contributed by atoms with Crippen LogP contribution in [0.1, 0.15) is 81.7 Å². The molecule has 17 nitrogen and oxygen atoms in total. The Morgan fingerprint density at radius 2 is 1.74 bits per heavy atom. The number of benzene rings is 2. The van der Waals surface area contributed by atoms with E-state index < -0.39 is 25.6 Å². The summed E-state index contributed by atoms with van der Waals surface area (Å²) in [6.07, 6.45) is 4.77. The first-order chi connectivity index (χ1) is 25.8. The molecule has 290 valence electrons. The van der Waals surface area contributed by atoms with Gasteiger partial charge < -0.3 is 34.8 Å². The van der Waals surface area contributed by atoms with Crippen LogP contribution in [0.4, 0.5) is 5.82 Å². The number of aromatic nitrogens is 3. The van der Waals surface area contributed by atoms with E-state index in [9.17, 15) is 38.6 Å². The number of hydrogen-bond donors (Lipinski definition) is 5. The lowest BCUT2D eigenvalue weighted by molar-refractivity contribution is -0.197. The summed E-state index contributed by atoms with van der Waals surface area (Å²) in [4.78, 5) is 79.9. The fourth-order valence-electron chi connectivity index (χ4n) is 6.09. The number of unbranched alkanes of at least 4 members (excludes halogenated alkanes) is 1. The molecule has 0 radical (unpaired) electrons. The fourth-order valence-corrected chi connectivity index (χ4v) is 6.50. The normalized spacial score (nSPS) is 13.3. The Labute approximate surface area is 311 Å². The number of anilines is 1. The van der Waals surface area contributed by atoms with E-state index in [4.69, 9.17) is 24.8 Å². The molecule has 2 aromatic heterocycles. The highest BCUT2D eigenvalue weighted by molar-refractivity contribution is 7.46. The summed E-state index contributed by atoms with van der Waals surface area (Å²) in [6, 6.07) is 10.4. The van der Waals surface area contributed by atoms with Crippen molar-refractivity contribution < 1.29 is 52.7 Å². The van der Waals surface area contributed by atoms with E-state index >= 15 is 0 Å². The van der Waals surface area contributed by atoms with E-state index in [0.29, 0.717) is 54.3 Å². The van der Waals surface area contributed by atoms with Crippen LogP contribution < -0.4 is 15.6 Å². The molecule has 1 aliphatic rings. The van der Waals surface area contributed by atoms with Crippen LogP contribution in [0.25, 0.3) is 21.9 Å². The third-order valence-corrected chi connectivity index (χ3v) is 9.19. The summed E-state index contributed by atoms with van der Waals surface area (Å²) in [5.74, 6) is -1.75. The van der Waals surface area contributed by atoms with E-state index in [1.165, 1.54) is 6.07 Å². The molecule has 5 rings (SSSR count). The molecule has 1 saturated heterocycles. The summed E-state index contributed by atoms with van der Waals surface area (Å²) in [5, 5.41) is 15.0. The maximum atomic E-state index is 12.1. The van der Waals surface area contributed by atoms with Crippen LogP contribution in [0.15, 0.2) is 36.4 Å².